The van der Waals surface area contributed by atoms with Crippen molar-refractivity contribution >= 4 is 33.1 Å². The number of benzene rings is 1. The highest BCUT2D eigenvalue weighted by Crippen LogP contribution is 2.35. The normalized spacial score (nSPS) is 17.4. The minimum absolute atomic E-state index is 0.110. The molecule has 146 valence electrons. The van der Waals surface area contributed by atoms with E-state index in [1.54, 1.807) is 18.3 Å². The van der Waals surface area contributed by atoms with E-state index in [-0.39, 0.29) is 11.5 Å². The van der Waals surface area contributed by atoms with Crippen LogP contribution in [0.15, 0.2) is 29.3 Å². The Balaban J connectivity index is 1.68. The van der Waals surface area contributed by atoms with Gasteiger partial charge in [-0.05, 0) is 68.7 Å². The Morgan fingerprint density at radius 1 is 1.36 bits per heavy atom. The van der Waals surface area contributed by atoms with E-state index >= 15 is 0 Å². The first-order valence-corrected chi connectivity index (χ1v) is 10.6. The number of anilines is 1. The maximum Gasteiger partial charge on any atom is 0.263 e. The van der Waals surface area contributed by atoms with Gasteiger partial charge < -0.3 is 5.32 Å². The summed E-state index contributed by atoms with van der Waals surface area (Å²) in [6.45, 7) is 7.99. The molecule has 0 unspecified atom stereocenters. The van der Waals surface area contributed by atoms with Gasteiger partial charge in [0.05, 0.1) is 11.7 Å². The van der Waals surface area contributed by atoms with Crippen LogP contribution >= 0.6 is 11.3 Å². The van der Waals surface area contributed by atoms with Gasteiger partial charge in [0, 0.05) is 10.6 Å². The summed E-state index contributed by atoms with van der Waals surface area (Å²) in [5, 5.41) is 3.67. The average molecular weight is 396 g/mol. The monoisotopic (exact) mass is 395 g/mol. The van der Waals surface area contributed by atoms with Gasteiger partial charge in [-0.2, -0.15) is 0 Å². The maximum absolute atomic E-state index is 13.2. The number of hydrogen-bond donors (Lipinski definition) is 1. The minimum Gasteiger partial charge on any atom is -0.324 e. The van der Waals surface area contributed by atoms with E-state index in [1.165, 1.54) is 15.8 Å². The Kier molecular flexibility index (Phi) is 4.83. The molecule has 5 nitrogen and oxygen atoms in total. The molecule has 1 aromatic carbocycles. The van der Waals surface area contributed by atoms with Gasteiger partial charge in [-0.15, -0.1) is 11.3 Å². The number of nitrogens with one attached hydrogen (secondary N) is 1. The van der Waals surface area contributed by atoms with Crippen molar-refractivity contribution in [1.29, 1.82) is 0 Å². The molecular weight excluding hydrogens is 370 g/mol. The zero-order valence-corrected chi connectivity index (χ0v) is 17.5. The molecule has 0 fully saturated rings. The summed E-state index contributed by atoms with van der Waals surface area (Å²) < 4.78 is 1.47. The zero-order chi connectivity index (χ0) is 20.0. The SMILES string of the molecule is Cc1cccc(NC(=O)[C@@H](C)n2cnc3sc4c(c3c2=O)CC[C@@H](C)C4)c1C. The Labute approximate surface area is 168 Å². The van der Waals surface area contributed by atoms with Crippen LogP contribution in [0.4, 0.5) is 5.69 Å². The number of fused-ring (bicyclic) bond motifs is 3. The molecule has 1 N–H and O–H groups in total. The number of aromatic nitrogens is 2. The molecule has 0 saturated heterocycles. The number of nitrogens with zero attached hydrogens (tertiary/aromatic N) is 2. The van der Waals surface area contributed by atoms with E-state index in [2.05, 4.69) is 17.2 Å². The molecule has 1 aliphatic rings. The van der Waals surface area contributed by atoms with E-state index < -0.39 is 6.04 Å². The summed E-state index contributed by atoms with van der Waals surface area (Å²) in [6, 6.07) is 5.17. The average Bonchev–Trinajstić information content (AvgIpc) is 3.03. The van der Waals surface area contributed by atoms with Crippen LogP contribution in [0.1, 0.15) is 47.9 Å². The molecule has 0 aliphatic heterocycles. The Hall–Kier alpha value is -2.47. The highest BCUT2D eigenvalue weighted by Gasteiger charge is 2.25. The topological polar surface area (TPSA) is 64.0 Å². The van der Waals surface area contributed by atoms with Crippen LogP contribution in [0, 0.1) is 19.8 Å². The standard InChI is InChI=1S/C22H25N3O2S/c1-12-8-9-16-18(10-12)28-21-19(16)22(27)25(11-23-21)15(4)20(26)24-17-7-5-6-13(2)14(17)3/h5-7,11-12,15H,8-10H2,1-4H3,(H,24,26)/t12-,15-/m1/s1. The fraction of sp³-hybridized carbons (Fsp3) is 0.409. The van der Waals surface area contributed by atoms with Crippen molar-refractivity contribution in [2.75, 3.05) is 5.32 Å². The van der Waals surface area contributed by atoms with Crippen LogP contribution in [0.25, 0.3) is 10.2 Å². The van der Waals surface area contributed by atoms with Crippen LogP contribution in [0.5, 0.6) is 0 Å². The van der Waals surface area contributed by atoms with Gasteiger partial charge in [0.25, 0.3) is 5.56 Å². The molecule has 2 heterocycles. The zero-order valence-electron chi connectivity index (χ0n) is 16.7. The van der Waals surface area contributed by atoms with Crippen molar-refractivity contribution in [3.05, 3.63) is 56.4 Å². The third-order valence-corrected chi connectivity index (χ3v) is 7.06. The highest BCUT2D eigenvalue weighted by molar-refractivity contribution is 7.18. The van der Waals surface area contributed by atoms with Gasteiger partial charge in [0.1, 0.15) is 10.9 Å². The van der Waals surface area contributed by atoms with Crippen LogP contribution < -0.4 is 10.9 Å². The van der Waals surface area contributed by atoms with Crippen molar-refractivity contribution in [2.24, 2.45) is 5.92 Å². The molecule has 1 amide bonds. The molecule has 4 rings (SSSR count). The second-order valence-electron chi connectivity index (χ2n) is 7.90. The molecular formula is C22H25N3O2S. The lowest BCUT2D eigenvalue weighted by Gasteiger charge is -2.18. The Morgan fingerprint density at radius 3 is 2.93 bits per heavy atom. The first kappa shape index (κ1) is 18.9. The molecule has 6 heteroatoms. The van der Waals surface area contributed by atoms with Gasteiger partial charge >= 0.3 is 0 Å². The lowest BCUT2D eigenvalue weighted by atomic mass is 9.89. The second-order valence-corrected chi connectivity index (χ2v) is 8.99. The summed E-state index contributed by atoms with van der Waals surface area (Å²) in [6.07, 6.45) is 4.54. The van der Waals surface area contributed by atoms with Gasteiger partial charge in [-0.3, -0.25) is 14.2 Å². The predicted octanol–water partition coefficient (Wildman–Crippen LogP) is 4.40. The maximum atomic E-state index is 13.2. The molecule has 2 atom stereocenters. The van der Waals surface area contributed by atoms with Crippen molar-refractivity contribution in [3.63, 3.8) is 0 Å². The van der Waals surface area contributed by atoms with Crippen molar-refractivity contribution in [2.45, 2.75) is 53.0 Å². The first-order chi connectivity index (χ1) is 13.4. The Bertz CT molecular complexity index is 1130. The van der Waals surface area contributed by atoms with E-state index in [4.69, 9.17) is 0 Å². The molecule has 0 spiro atoms. The predicted molar refractivity (Wildman–Crippen MR) is 114 cm³/mol. The van der Waals surface area contributed by atoms with Crippen LogP contribution in [0.2, 0.25) is 0 Å². The number of amides is 1. The van der Waals surface area contributed by atoms with Gasteiger partial charge in [-0.25, -0.2) is 4.98 Å². The van der Waals surface area contributed by atoms with E-state index in [9.17, 15) is 9.59 Å². The molecule has 0 saturated carbocycles. The molecule has 0 radical (unpaired) electrons. The molecule has 3 aromatic rings. The summed E-state index contributed by atoms with van der Waals surface area (Å²) >= 11 is 1.63. The van der Waals surface area contributed by atoms with Crippen LogP contribution in [-0.2, 0) is 17.6 Å². The largest absolute Gasteiger partial charge is 0.324 e. The number of rotatable bonds is 3. The van der Waals surface area contributed by atoms with E-state index in [0.717, 1.165) is 46.5 Å². The van der Waals surface area contributed by atoms with Gasteiger partial charge in [-0.1, -0.05) is 19.1 Å². The molecule has 28 heavy (non-hydrogen) atoms. The summed E-state index contributed by atoms with van der Waals surface area (Å²) in [5.41, 5.74) is 3.96. The summed E-state index contributed by atoms with van der Waals surface area (Å²) in [5.74, 6) is 0.430. The summed E-state index contributed by atoms with van der Waals surface area (Å²) in [7, 11) is 0. The van der Waals surface area contributed by atoms with Crippen LogP contribution in [0.3, 0.4) is 0 Å². The van der Waals surface area contributed by atoms with Gasteiger partial charge in [0.2, 0.25) is 5.91 Å². The third kappa shape index (κ3) is 3.15. The number of carbonyl (C=O) groups is 1. The lowest BCUT2D eigenvalue weighted by molar-refractivity contribution is -0.118. The first-order valence-electron chi connectivity index (χ1n) is 9.75. The van der Waals surface area contributed by atoms with E-state index in [0.29, 0.717) is 11.3 Å². The highest BCUT2D eigenvalue weighted by atomic mass is 32.1. The number of aryl methyl sites for hydroxylation is 2. The van der Waals surface area contributed by atoms with Crippen molar-refractivity contribution in [3.8, 4) is 0 Å². The fourth-order valence-electron chi connectivity index (χ4n) is 3.87. The number of thiophene rings is 1. The number of carbonyl (C=O) groups excluding carboxylic acids is 1. The lowest BCUT2D eigenvalue weighted by Crippen LogP contribution is -2.32. The molecule has 0 bridgehead atoms. The fourth-order valence-corrected chi connectivity index (χ4v) is 5.21. The van der Waals surface area contributed by atoms with Crippen LogP contribution in [-0.4, -0.2) is 15.5 Å². The Morgan fingerprint density at radius 2 is 2.14 bits per heavy atom. The van der Waals surface area contributed by atoms with Crippen molar-refractivity contribution < 1.29 is 4.79 Å². The second kappa shape index (κ2) is 7.17. The van der Waals surface area contributed by atoms with E-state index in [1.807, 2.05) is 32.0 Å². The third-order valence-electron chi connectivity index (χ3n) is 5.90. The minimum atomic E-state index is -0.637. The number of hydrogen-bond acceptors (Lipinski definition) is 4. The summed E-state index contributed by atoms with van der Waals surface area (Å²) in [4.78, 5) is 32.6. The van der Waals surface area contributed by atoms with Crippen molar-refractivity contribution in [1.82, 2.24) is 9.55 Å². The molecule has 1 aliphatic carbocycles. The molecule has 2 aromatic heterocycles. The van der Waals surface area contributed by atoms with Gasteiger partial charge in [0.15, 0.2) is 0 Å². The quantitative estimate of drug-likeness (QED) is 0.715. The smallest absolute Gasteiger partial charge is 0.263 e.